The number of hydrogen-bond acceptors (Lipinski definition) is 3. The molecule has 108 valence electrons. The van der Waals surface area contributed by atoms with Gasteiger partial charge < -0.3 is 15.5 Å². The Morgan fingerprint density at radius 1 is 1.40 bits per heavy atom. The van der Waals surface area contributed by atoms with Crippen molar-refractivity contribution in [2.75, 3.05) is 25.0 Å². The second kappa shape index (κ2) is 5.53. The van der Waals surface area contributed by atoms with E-state index >= 15 is 0 Å². The van der Waals surface area contributed by atoms with Crippen LogP contribution in [0.2, 0.25) is 0 Å². The Hall–Kier alpha value is -2.04. The molecule has 20 heavy (non-hydrogen) atoms. The van der Waals surface area contributed by atoms with Crippen LogP contribution in [0.5, 0.6) is 0 Å². The molecule has 1 aromatic rings. The van der Waals surface area contributed by atoms with Crippen LogP contribution in [0.1, 0.15) is 31.1 Å². The Bertz CT molecular complexity index is 526. The number of carbonyl (C=O) groups excluding carboxylic acids is 2. The third kappa shape index (κ3) is 2.48. The summed E-state index contributed by atoms with van der Waals surface area (Å²) < 4.78 is 0. The Kier molecular flexibility index (Phi) is 3.97. The summed E-state index contributed by atoms with van der Waals surface area (Å²) in [4.78, 5) is 26.4. The van der Waals surface area contributed by atoms with E-state index < -0.39 is 5.54 Å². The number of anilines is 1. The van der Waals surface area contributed by atoms with Crippen LogP contribution in [0.4, 0.5) is 5.69 Å². The molecule has 5 nitrogen and oxygen atoms in total. The predicted molar refractivity (Wildman–Crippen MR) is 78.7 cm³/mol. The quantitative estimate of drug-likeness (QED) is 0.878. The number of piperazine rings is 1. The van der Waals surface area contributed by atoms with Crippen molar-refractivity contribution in [3.8, 4) is 0 Å². The summed E-state index contributed by atoms with van der Waals surface area (Å²) in [6.45, 7) is 7.30. The van der Waals surface area contributed by atoms with Crippen LogP contribution in [0.3, 0.4) is 0 Å². The number of nitrogens with zero attached hydrogens (tertiary/aromatic N) is 1. The molecule has 0 aromatic heterocycles. The summed E-state index contributed by atoms with van der Waals surface area (Å²) in [6, 6.07) is 7.41. The zero-order valence-electron chi connectivity index (χ0n) is 12.2. The summed E-state index contributed by atoms with van der Waals surface area (Å²) in [5.74, 6) is -0.223. The van der Waals surface area contributed by atoms with E-state index in [0.717, 1.165) is 12.2 Å². The van der Waals surface area contributed by atoms with Crippen molar-refractivity contribution >= 4 is 17.5 Å². The van der Waals surface area contributed by atoms with Crippen LogP contribution < -0.4 is 10.6 Å². The van der Waals surface area contributed by atoms with Gasteiger partial charge in [-0.05, 0) is 32.9 Å². The van der Waals surface area contributed by atoms with E-state index in [1.54, 1.807) is 24.8 Å². The molecule has 0 saturated carbocycles. The third-order valence-corrected chi connectivity index (χ3v) is 3.62. The van der Waals surface area contributed by atoms with Gasteiger partial charge in [-0.25, -0.2) is 0 Å². The molecule has 0 aliphatic carbocycles. The molecule has 5 heteroatoms. The van der Waals surface area contributed by atoms with E-state index in [-0.39, 0.29) is 11.8 Å². The molecule has 1 aromatic carbocycles. The van der Waals surface area contributed by atoms with Gasteiger partial charge in [0.15, 0.2) is 0 Å². The van der Waals surface area contributed by atoms with Crippen LogP contribution >= 0.6 is 0 Å². The largest absolute Gasteiger partial charge is 0.385 e. The monoisotopic (exact) mass is 275 g/mol. The SMILES string of the molecule is CCNc1ccccc1C(=O)N1CCNC(=O)C1(C)C. The molecule has 0 unspecified atom stereocenters. The Morgan fingerprint density at radius 3 is 2.80 bits per heavy atom. The minimum Gasteiger partial charge on any atom is -0.385 e. The molecule has 1 aliphatic rings. The van der Waals surface area contributed by atoms with E-state index in [2.05, 4.69) is 10.6 Å². The lowest BCUT2D eigenvalue weighted by molar-refractivity contribution is -0.133. The van der Waals surface area contributed by atoms with E-state index in [1.165, 1.54) is 0 Å². The van der Waals surface area contributed by atoms with Crippen molar-refractivity contribution in [2.24, 2.45) is 0 Å². The van der Waals surface area contributed by atoms with Gasteiger partial charge >= 0.3 is 0 Å². The van der Waals surface area contributed by atoms with Crippen molar-refractivity contribution in [2.45, 2.75) is 26.3 Å². The first kappa shape index (κ1) is 14.4. The van der Waals surface area contributed by atoms with Gasteiger partial charge in [0.1, 0.15) is 5.54 Å². The first-order chi connectivity index (χ1) is 9.48. The molecule has 0 atom stereocenters. The highest BCUT2D eigenvalue weighted by molar-refractivity contribution is 6.03. The van der Waals surface area contributed by atoms with Gasteiger partial charge in [-0.15, -0.1) is 0 Å². The van der Waals surface area contributed by atoms with Crippen molar-refractivity contribution < 1.29 is 9.59 Å². The lowest BCUT2D eigenvalue weighted by Gasteiger charge is -2.41. The smallest absolute Gasteiger partial charge is 0.256 e. The standard InChI is InChI=1S/C15H21N3O2/c1-4-16-12-8-6-5-7-11(12)13(19)18-10-9-17-14(20)15(18,2)3/h5-8,16H,4,9-10H2,1-3H3,(H,17,20). The maximum atomic E-state index is 12.8. The highest BCUT2D eigenvalue weighted by atomic mass is 16.2. The Morgan fingerprint density at radius 2 is 2.10 bits per heavy atom. The summed E-state index contributed by atoms with van der Waals surface area (Å²) in [6.07, 6.45) is 0. The molecular formula is C15H21N3O2. The molecule has 1 fully saturated rings. The van der Waals surface area contributed by atoms with Gasteiger partial charge in [-0.3, -0.25) is 9.59 Å². The maximum Gasteiger partial charge on any atom is 0.256 e. The predicted octanol–water partition coefficient (Wildman–Crippen LogP) is 1.47. The van der Waals surface area contributed by atoms with Gasteiger partial charge in [0.05, 0.1) is 5.56 Å². The third-order valence-electron chi connectivity index (χ3n) is 3.62. The molecule has 0 bridgehead atoms. The zero-order valence-corrected chi connectivity index (χ0v) is 12.2. The van der Waals surface area contributed by atoms with E-state index in [1.807, 2.05) is 25.1 Å². The second-order valence-electron chi connectivity index (χ2n) is 5.35. The summed E-state index contributed by atoms with van der Waals surface area (Å²) in [5.41, 5.74) is 0.591. The average Bonchev–Trinajstić information content (AvgIpc) is 2.42. The zero-order chi connectivity index (χ0) is 14.8. The van der Waals surface area contributed by atoms with E-state index in [4.69, 9.17) is 0 Å². The van der Waals surface area contributed by atoms with Gasteiger partial charge in [0, 0.05) is 25.3 Å². The molecule has 2 N–H and O–H groups in total. The number of para-hydroxylation sites is 1. The van der Waals surface area contributed by atoms with Gasteiger partial charge in [0.2, 0.25) is 5.91 Å². The number of carbonyl (C=O) groups is 2. The molecule has 2 rings (SSSR count). The number of rotatable bonds is 3. The van der Waals surface area contributed by atoms with Gasteiger partial charge in [-0.1, -0.05) is 12.1 Å². The van der Waals surface area contributed by atoms with Crippen molar-refractivity contribution in [3.05, 3.63) is 29.8 Å². The number of nitrogens with one attached hydrogen (secondary N) is 2. The molecule has 1 saturated heterocycles. The first-order valence-electron chi connectivity index (χ1n) is 6.91. The molecule has 1 heterocycles. The fourth-order valence-corrected chi connectivity index (χ4v) is 2.41. The van der Waals surface area contributed by atoms with Crippen LogP contribution in [-0.2, 0) is 4.79 Å². The fraction of sp³-hybridized carbons (Fsp3) is 0.467. The molecule has 0 radical (unpaired) electrons. The summed E-state index contributed by atoms with van der Waals surface area (Å²) in [7, 11) is 0. The average molecular weight is 275 g/mol. The number of hydrogen-bond donors (Lipinski definition) is 2. The molecule has 1 aliphatic heterocycles. The lowest BCUT2D eigenvalue weighted by Crippen LogP contribution is -2.63. The van der Waals surface area contributed by atoms with Crippen LogP contribution in [0.15, 0.2) is 24.3 Å². The van der Waals surface area contributed by atoms with Crippen molar-refractivity contribution in [1.29, 1.82) is 0 Å². The van der Waals surface area contributed by atoms with Crippen molar-refractivity contribution in [1.82, 2.24) is 10.2 Å². The Balaban J connectivity index is 2.33. The lowest BCUT2D eigenvalue weighted by atomic mass is 9.97. The maximum absolute atomic E-state index is 12.8. The molecule has 2 amide bonds. The van der Waals surface area contributed by atoms with Crippen LogP contribution in [0, 0.1) is 0 Å². The van der Waals surface area contributed by atoms with Gasteiger partial charge in [0.25, 0.3) is 5.91 Å². The topological polar surface area (TPSA) is 61.4 Å². The molecule has 0 spiro atoms. The number of amides is 2. The fourth-order valence-electron chi connectivity index (χ4n) is 2.41. The van der Waals surface area contributed by atoms with E-state index in [0.29, 0.717) is 18.7 Å². The minimum atomic E-state index is -0.825. The van der Waals surface area contributed by atoms with E-state index in [9.17, 15) is 9.59 Å². The van der Waals surface area contributed by atoms with Gasteiger partial charge in [-0.2, -0.15) is 0 Å². The highest BCUT2D eigenvalue weighted by Gasteiger charge is 2.41. The first-order valence-corrected chi connectivity index (χ1v) is 6.91. The summed E-state index contributed by atoms with van der Waals surface area (Å²) in [5, 5.41) is 5.99. The molecular weight excluding hydrogens is 254 g/mol. The Labute approximate surface area is 119 Å². The number of benzene rings is 1. The van der Waals surface area contributed by atoms with Crippen LogP contribution in [-0.4, -0.2) is 41.9 Å². The summed E-state index contributed by atoms with van der Waals surface area (Å²) >= 11 is 0. The normalized spacial score (nSPS) is 17.6. The highest BCUT2D eigenvalue weighted by Crippen LogP contribution is 2.24. The second-order valence-corrected chi connectivity index (χ2v) is 5.35. The van der Waals surface area contributed by atoms with Crippen molar-refractivity contribution in [3.63, 3.8) is 0 Å². The minimum absolute atomic E-state index is 0.110. The van der Waals surface area contributed by atoms with Crippen LogP contribution in [0.25, 0.3) is 0 Å².